The van der Waals surface area contributed by atoms with Crippen molar-refractivity contribution in [3.63, 3.8) is 0 Å². The van der Waals surface area contributed by atoms with E-state index in [2.05, 4.69) is 67.0 Å². The van der Waals surface area contributed by atoms with Crippen LogP contribution >= 0.6 is 38.9 Å². The highest BCUT2D eigenvalue weighted by atomic mass is 79.9. The highest BCUT2D eigenvalue weighted by molar-refractivity contribution is 9.11. The van der Waals surface area contributed by atoms with Crippen LogP contribution in [0.5, 0.6) is 0 Å². The molecule has 0 N–H and O–H groups in total. The Kier molecular flexibility index (Phi) is 4.52. The normalized spacial score (nSPS) is 13.0. The SMILES string of the molecule is Cc1cc(C(Cl)c2ccc(C(C)C)cc2)sc1Br. The number of rotatable bonds is 3. The van der Waals surface area contributed by atoms with Gasteiger partial charge in [-0.2, -0.15) is 0 Å². The van der Waals surface area contributed by atoms with Crippen molar-refractivity contribution < 1.29 is 0 Å². The summed E-state index contributed by atoms with van der Waals surface area (Å²) in [7, 11) is 0. The van der Waals surface area contributed by atoms with Gasteiger partial charge in [0.25, 0.3) is 0 Å². The minimum atomic E-state index is -0.0544. The maximum absolute atomic E-state index is 6.54. The lowest BCUT2D eigenvalue weighted by molar-refractivity contribution is 0.865. The molecule has 0 spiro atoms. The number of thiophene rings is 1. The molecule has 1 heterocycles. The minimum absolute atomic E-state index is 0.0544. The van der Waals surface area contributed by atoms with Crippen molar-refractivity contribution in [2.75, 3.05) is 0 Å². The molecule has 2 rings (SSSR count). The molecule has 1 unspecified atom stereocenters. The van der Waals surface area contributed by atoms with E-state index in [-0.39, 0.29) is 5.38 Å². The third-order valence-corrected chi connectivity index (χ3v) is 5.84. The zero-order valence-electron chi connectivity index (χ0n) is 10.7. The molecule has 0 radical (unpaired) electrons. The summed E-state index contributed by atoms with van der Waals surface area (Å²) in [4.78, 5) is 1.19. The Labute approximate surface area is 126 Å². The number of aryl methyl sites for hydroxylation is 1. The maximum atomic E-state index is 6.54. The Bertz CT molecular complexity index is 508. The summed E-state index contributed by atoms with van der Waals surface area (Å²) in [5.41, 5.74) is 3.76. The fourth-order valence-corrected chi connectivity index (χ4v) is 3.74. The van der Waals surface area contributed by atoms with Crippen molar-refractivity contribution in [3.8, 4) is 0 Å². The number of hydrogen-bond donors (Lipinski definition) is 0. The fourth-order valence-electron chi connectivity index (χ4n) is 1.82. The van der Waals surface area contributed by atoms with Crippen LogP contribution in [0.25, 0.3) is 0 Å². The van der Waals surface area contributed by atoms with Gasteiger partial charge in [-0.15, -0.1) is 22.9 Å². The van der Waals surface area contributed by atoms with E-state index in [1.54, 1.807) is 11.3 Å². The van der Waals surface area contributed by atoms with Crippen molar-refractivity contribution in [2.45, 2.75) is 32.1 Å². The third kappa shape index (κ3) is 2.98. The average molecular weight is 344 g/mol. The summed E-state index contributed by atoms with van der Waals surface area (Å²) in [6.45, 7) is 6.50. The molecule has 0 fully saturated rings. The molecule has 0 nitrogen and oxygen atoms in total. The van der Waals surface area contributed by atoms with Crippen LogP contribution in [0.3, 0.4) is 0 Å². The molecule has 3 heteroatoms. The quantitative estimate of drug-likeness (QED) is 0.576. The summed E-state index contributed by atoms with van der Waals surface area (Å²) in [6, 6.07) is 10.8. The molecule has 1 aromatic heterocycles. The zero-order chi connectivity index (χ0) is 13.3. The molecule has 0 aliphatic heterocycles. The Morgan fingerprint density at radius 3 is 2.11 bits per heavy atom. The van der Waals surface area contributed by atoms with Gasteiger partial charge in [-0.3, -0.25) is 0 Å². The molecule has 0 aliphatic rings. The lowest BCUT2D eigenvalue weighted by Gasteiger charge is -2.10. The van der Waals surface area contributed by atoms with Gasteiger partial charge in [-0.25, -0.2) is 0 Å². The van der Waals surface area contributed by atoms with Crippen LogP contribution in [0.4, 0.5) is 0 Å². The van der Waals surface area contributed by atoms with E-state index < -0.39 is 0 Å². The van der Waals surface area contributed by atoms with Crippen LogP contribution in [-0.2, 0) is 0 Å². The summed E-state index contributed by atoms with van der Waals surface area (Å²) in [5, 5.41) is -0.0544. The van der Waals surface area contributed by atoms with Crippen LogP contribution in [0, 0.1) is 6.92 Å². The summed E-state index contributed by atoms with van der Waals surface area (Å²) >= 11 is 11.8. The van der Waals surface area contributed by atoms with Crippen molar-refractivity contribution in [1.29, 1.82) is 0 Å². The Morgan fingerprint density at radius 2 is 1.67 bits per heavy atom. The van der Waals surface area contributed by atoms with E-state index in [1.165, 1.54) is 19.8 Å². The molecule has 1 aromatic carbocycles. The van der Waals surface area contributed by atoms with E-state index in [0.29, 0.717) is 5.92 Å². The molecular formula is C15H16BrClS. The van der Waals surface area contributed by atoms with E-state index in [4.69, 9.17) is 11.6 Å². The highest BCUT2D eigenvalue weighted by Crippen LogP contribution is 2.38. The van der Waals surface area contributed by atoms with Crippen LogP contribution < -0.4 is 0 Å². The summed E-state index contributed by atoms with van der Waals surface area (Å²) in [6.07, 6.45) is 0. The van der Waals surface area contributed by atoms with Crippen molar-refractivity contribution in [2.24, 2.45) is 0 Å². The predicted molar refractivity (Wildman–Crippen MR) is 85.0 cm³/mol. The summed E-state index contributed by atoms with van der Waals surface area (Å²) < 4.78 is 1.17. The van der Waals surface area contributed by atoms with E-state index >= 15 is 0 Å². The monoisotopic (exact) mass is 342 g/mol. The van der Waals surface area contributed by atoms with Gasteiger partial charge in [0.1, 0.15) is 0 Å². The largest absolute Gasteiger partial charge is 0.131 e. The smallest absolute Gasteiger partial charge is 0.0928 e. The Morgan fingerprint density at radius 1 is 1.11 bits per heavy atom. The third-order valence-electron chi connectivity index (χ3n) is 3.02. The molecule has 0 saturated carbocycles. The molecule has 96 valence electrons. The fraction of sp³-hybridized carbons (Fsp3) is 0.333. The second kappa shape index (κ2) is 5.77. The first kappa shape index (κ1) is 14.1. The second-order valence-corrected chi connectivity index (χ2v) is 7.63. The number of alkyl halides is 1. The van der Waals surface area contributed by atoms with E-state index in [1.807, 2.05) is 0 Å². The van der Waals surface area contributed by atoms with Gasteiger partial charge >= 0.3 is 0 Å². The standard InChI is InChI=1S/C15H16BrClS/c1-9(2)11-4-6-12(7-5-11)14(17)13-8-10(3)15(16)18-13/h4-9,14H,1-3H3. The first-order valence-corrected chi connectivity index (χ1v) is 8.03. The molecule has 0 saturated heterocycles. The van der Waals surface area contributed by atoms with Crippen LogP contribution in [0.2, 0.25) is 0 Å². The second-order valence-electron chi connectivity index (χ2n) is 4.79. The van der Waals surface area contributed by atoms with E-state index in [0.717, 1.165) is 5.56 Å². The average Bonchev–Trinajstić information content (AvgIpc) is 2.69. The Hall–Kier alpha value is -0.310. The van der Waals surface area contributed by atoms with Gasteiger partial charge in [0.15, 0.2) is 0 Å². The first-order chi connectivity index (χ1) is 8.49. The number of hydrogen-bond acceptors (Lipinski definition) is 1. The van der Waals surface area contributed by atoms with Gasteiger partial charge in [-0.1, -0.05) is 38.1 Å². The molecule has 2 aromatic rings. The molecule has 0 amide bonds. The van der Waals surface area contributed by atoms with Gasteiger partial charge in [-0.05, 0) is 51.5 Å². The van der Waals surface area contributed by atoms with Gasteiger partial charge in [0, 0.05) is 4.88 Å². The van der Waals surface area contributed by atoms with Crippen molar-refractivity contribution in [3.05, 3.63) is 55.7 Å². The lowest BCUT2D eigenvalue weighted by Crippen LogP contribution is -1.92. The van der Waals surface area contributed by atoms with Crippen LogP contribution in [0.1, 0.15) is 46.7 Å². The van der Waals surface area contributed by atoms with Crippen LogP contribution in [0.15, 0.2) is 34.1 Å². The highest BCUT2D eigenvalue weighted by Gasteiger charge is 2.14. The predicted octanol–water partition coefficient (Wildman–Crippen LogP) is 6.27. The van der Waals surface area contributed by atoms with Gasteiger partial charge < -0.3 is 0 Å². The molecule has 0 bridgehead atoms. The molecular weight excluding hydrogens is 328 g/mol. The van der Waals surface area contributed by atoms with Crippen molar-refractivity contribution >= 4 is 38.9 Å². The minimum Gasteiger partial charge on any atom is -0.131 e. The topological polar surface area (TPSA) is 0 Å². The molecule has 18 heavy (non-hydrogen) atoms. The number of halogens is 2. The summed E-state index contributed by atoms with van der Waals surface area (Å²) in [5.74, 6) is 0.561. The van der Waals surface area contributed by atoms with Crippen LogP contribution in [-0.4, -0.2) is 0 Å². The van der Waals surface area contributed by atoms with Crippen molar-refractivity contribution in [1.82, 2.24) is 0 Å². The van der Waals surface area contributed by atoms with Gasteiger partial charge in [0.2, 0.25) is 0 Å². The first-order valence-electron chi connectivity index (χ1n) is 5.98. The van der Waals surface area contributed by atoms with Gasteiger partial charge in [0.05, 0.1) is 9.16 Å². The Balaban J connectivity index is 2.25. The number of benzene rings is 1. The maximum Gasteiger partial charge on any atom is 0.0928 e. The van der Waals surface area contributed by atoms with E-state index in [9.17, 15) is 0 Å². The zero-order valence-corrected chi connectivity index (χ0v) is 13.9. The lowest BCUT2D eigenvalue weighted by atomic mass is 10.0. The molecule has 0 aliphatic carbocycles. The molecule has 1 atom stereocenters.